The van der Waals surface area contributed by atoms with Gasteiger partial charge in [0.25, 0.3) is 0 Å². The Morgan fingerprint density at radius 2 is 2.00 bits per heavy atom. The van der Waals surface area contributed by atoms with E-state index in [0.29, 0.717) is 5.76 Å². The summed E-state index contributed by atoms with van der Waals surface area (Å²) in [6.45, 7) is 3.45. The lowest BCUT2D eigenvalue weighted by atomic mass is 9.96. The van der Waals surface area contributed by atoms with Crippen LogP contribution in [0.2, 0.25) is 0 Å². The van der Waals surface area contributed by atoms with E-state index >= 15 is 0 Å². The second-order valence-electron chi connectivity index (χ2n) is 3.87. The predicted molar refractivity (Wildman–Crippen MR) is 54.3 cm³/mol. The minimum atomic E-state index is -1.25. The first-order valence-corrected chi connectivity index (χ1v) is 5.17. The van der Waals surface area contributed by atoms with Crippen molar-refractivity contribution in [3.63, 3.8) is 0 Å². The quantitative estimate of drug-likeness (QED) is 0.481. The van der Waals surface area contributed by atoms with Crippen LogP contribution in [0.25, 0.3) is 0 Å². The Morgan fingerprint density at radius 1 is 1.31 bits per heavy atom. The number of rotatable bonds is 1. The molecule has 0 unspecified atom stereocenters. The predicted octanol–water partition coefficient (Wildman–Crippen LogP) is -0.118. The Kier molecular flexibility index (Phi) is 2.73. The van der Waals surface area contributed by atoms with Gasteiger partial charge in [0.2, 0.25) is 0 Å². The van der Waals surface area contributed by atoms with E-state index in [1.807, 2.05) is 0 Å². The highest BCUT2D eigenvalue weighted by atomic mass is 16.6. The van der Waals surface area contributed by atoms with Gasteiger partial charge < -0.3 is 19.7 Å². The minimum Gasteiger partial charge on any atom is -0.483 e. The summed E-state index contributed by atoms with van der Waals surface area (Å²) in [6.07, 6.45) is -0.190. The molecule has 0 bridgehead atoms. The maximum absolute atomic E-state index is 11.4. The zero-order valence-electron chi connectivity index (χ0n) is 9.08. The molecule has 88 valence electrons. The van der Waals surface area contributed by atoms with E-state index in [1.54, 1.807) is 26.0 Å². The number of ether oxygens (including phenoxy) is 2. The molecule has 2 N–H and O–H groups in total. The van der Waals surface area contributed by atoms with E-state index in [9.17, 15) is 15.0 Å². The van der Waals surface area contributed by atoms with Crippen LogP contribution in [0.3, 0.4) is 0 Å². The highest BCUT2D eigenvalue weighted by Crippen LogP contribution is 2.34. The number of aliphatic hydroxyl groups excluding tert-OH is 2. The van der Waals surface area contributed by atoms with Crippen LogP contribution in [0, 0.1) is 0 Å². The number of hydrogen-bond acceptors (Lipinski definition) is 5. The zero-order chi connectivity index (χ0) is 11.9. The maximum Gasteiger partial charge on any atom is 0.341 e. The summed E-state index contributed by atoms with van der Waals surface area (Å²) in [6, 6.07) is 0. The van der Waals surface area contributed by atoms with Crippen LogP contribution in [0.15, 0.2) is 23.5 Å². The Bertz CT molecular complexity index is 371. The van der Waals surface area contributed by atoms with Gasteiger partial charge in [0, 0.05) is 0 Å². The van der Waals surface area contributed by atoms with E-state index in [0.717, 1.165) is 0 Å². The van der Waals surface area contributed by atoms with Crippen LogP contribution in [-0.2, 0) is 14.3 Å². The molecule has 2 rings (SSSR count). The van der Waals surface area contributed by atoms with Crippen molar-refractivity contribution in [3.05, 3.63) is 23.5 Å². The van der Waals surface area contributed by atoms with Crippen molar-refractivity contribution in [1.82, 2.24) is 0 Å². The van der Waals surface area contributed by atoms with Crippen molar-refractivity contribution in [2.24, 2.45) is 0 Å². The van der Waals surface area contributed by atoms with Gasteiger partial charge in [0.1, 0.15) is 23.9 Å². The van der Waals surface area contributed by atoms with Crippen molar-refractivity contribution in [1.29, 1.82) is 0 Å². The number of hydrogen-bond donors (Lipinski definition) is 2. The number of esters is 1. The smallest absolute Gasteiger partial charge is 0.341 e. The number of allylic oxidation sites excluding steroid dienone is 1. The van der Waals surface area contributed by atoms with Gasteiger partial charge in [0.15, 0.2) is 11.9 Å². The number of cyclic esters (lactones) is 1. The molecule has 0 amide bonds. The molecule has 2 aliphatic heterocycles. The van der Waals surface area contributed by atoms with E-state index < -0.39 is 30.4 Å². The van der Waals surface area contributed by atoms with Crippen LogP contribution in [0.4, 0.5) is 0 Å². The highest BCUT2D eigenvalue weighted by Gasteiger charge is 2.46. The largest absolute Gasteiger partial charge is 0.483 e. The first kappa shape index (κ1) is 11.2. The van der Waals surface area contributed by atoms with Gasteiger partial charge in [-0.25, -0.2) is 4.79 Å². The van der Waals surface area contributed by atoms with Gasteiger partial charge >= 0.3 is 5.97 Å². The van der Waals surface area contributed by atoms with Gasteiger partial charge in [0.05, 0.1) is 0 Å². The SMILES string of the molecule is CC=C[C@@H]1OC2=C(C(=O)O[C@H]2C)[C@H](O)[C@H]1O. The van der Waals surface area contributed by atoms with Gasteiger partial charge in [-0.3, -0.25) is 0 Å². The first-order chi connectivity index (χ1) is 7.56. The molecule has 0 fully saturated rings. The van der Waals surface area contributed by atoms with Gasteiger partial charge in [-0.15, -0.1) is 0 Å². The lowest BCUT2D eigenvalue weighted by Crippen LogP contribution is -2.44. The van der Waals surface area contributed by atoms with Gasteiger partial charge in [-0.1, -0.05) is 6.08 Å². The van der Waals surface area contributed by atoms with Crippen LogP contribution in [0.1, 0.15) is 13.8 Å². The summed E-state index contributed by atoms with van der Waals surface area (Å²) in [5.74, 6) is -0.293. The second-order valence-corrected chi connectivity index (χ2v) is 3.87. The molecule has 0 aromatic carbocycles. The minimum absolute atomic E-state index is 0.0424. The van der Waals surface area contributed by atoms with Crippen molar-refractivity contribution < 1.29 is 24.5 Å². The van der Waals surface area contributed by atoms with Gasteiger partial charge in [-0.05, 0) is 19.9 Å². The van der Waals surface area contributed by atoms with E-state index in [4.69, 9.17) is 9.47 Å². The summed E-state index contributed by atoms with van der Waals surface area (Å²) in [5, 5.41) is 19.6. The molecule has 0 radical (unpaired) electrons. The first-order valence-electron chi connectivity index (χ1n) is 5.17. The number of carbonyl (C=O) groups is 1. The molecule has 0 aromatic heterocycles. The monoisotopic (exact) mass is 226 g/mol. The summed E-state index contributed by atoms with van der Waals surface area (Å²) >= 11 is 0. The maximum atomic E-state index is 11.4. The fraction of sp³-hybridized carbons (Fsp3) is 0.545. The molecule has 0 saturated heterocycles. The van der Waals surface area contributed by atoms with Crippen molar-refractivity contribution in [3.8, 4) is 0 Å². The Balaban J connectivity index is 2.36. The van der Waals surface area contributed by atoms with Gasteiger partial charge in [-0.2, -0.15) is 0 Å². The fourth-order valence-corrected chi connectivity index (χ4v) is 1.93. The van der Waals surface area contributed by atoms with Crippen LogP contribution < -0.4 is 0 Å². The summed E-state index contributed by atoms with van der Waals surface area (Å²) in [5.41, 5.74) is 0.0424. The Morgan fingerprint density at radius 3 is 2.62 bits per heavy atom. The Labute approximate surface area is 93.0 Å². The molecule has 0 aliphatic carbocycles. The highest BCUT2D eigenvalue weighted by molar-refractivity contribution is 5.93. The molecule has 0 spiro atoms. The van der Waals surface area contributed by atoms with Crippen LogP contribution >= 0.6 is 0 Å². The molecule has 16 heavy (non-hydrogen) atoms. The van der Waals surface area contributed by atoms with E-state index in [-0.39, 0.29) is 5.57 Å². The molecule has 5 heteroatoms. The van der Waals surface area contributed by atoms with Crippen molar-refractivity contribution in [2.75, 3.05) is 0 Å². The third-order valence-corrected chi connectivity index (χ3v) is 2.74. The third kappa shape index (κ3) is 1.52. The lowest BCUT2D eigenvalue weighted by Gasteiger charge is -2.31. The average Bonchev–Trinajstić information content (AvgIpc) is 2.50. The molecule has 2 heterocycles. The summed E-state index contributed by atoms with van der Waals surface area (Å²) in [4.78, 5) is 11.4. The topological polar surface area (TPSA) is 76.0 Å². The molecule has 4 atom stereocenters. The standard InChI is InChI=1S/C11H14O5/c1-3-4-6-8(12)9(13)7-10(16-6)5(2)15-11(7)14/h3-6,8-9,12-13H,1-2H3/t5-,6-,8-,9-/m0/s1. The zero-order valence-corrected chi connectivity index (χ0v) is 9.08. The molecular formula is C11H14O5. The van der Waals surface area contributed by atoms with Crippen LogP contribution in [0.5, 0.6) is 0 Å². The summed E-state index contributed by atoms with van der Waals surface area (Å²) in [7, 11) is 0. The van der Waals surface area contributed by atoms with Crippen molar-refractivity contribution >= 4 is 5.97 Å². The molecule has 0 saturated carbocycles. The van der Waals surface area contributed by atoms with Crippen molar-refractivity contribution in [2.45, 2.75) is 38.3 Å². The van der Waals surface area contributed by atoms with E-state index in [1.165, 1.54) is 0 Å². The lowest BCUT2D eigenvalue weighted by molar-refractivity contribution is -0.140. The molecule has 5 nitrogen and oxygen atoms in total. The van der Waals surface area contributed by atoms with E-state index in [2.05, 4.69) is 0 Å². The number of carbonyl (C=O) groups excluding carboxylic acids is 1. The Hall–Kier alpha value is -1.33. The molecule has 2 aliphatic rings. The molecular weight excluding hydrogens is 212 g/mol. The summed E-state index contributed by atoms with van der Waals surface area (Å²) < 4.78 is 10.4. The fourth-order valence-electron chi connectivity index (χ4n) is 1.93. The second kappa shape index (κ2) is 3.92. The number of aliphatic hydroxyl groups is 2. The van der Waals surface area contributed by atoms with Crippen LogP contribution in [-0.4, -0.2) is 40.6 Å². The molecule has 0 aromatic rings. The average molecular weight is 226 g/mol. The third-order valence-electron chi connectivity index (χ3n) is 2.74. The normalized spacial score (nSPS) is 38.6.